The molecule has 1 aromatic heterocycles. The van der Waals surface area contributed by atoms with Gasteiger partial charge in [0.05, 0.1) is 4.90 Å². The molecule has 1 saturated heterocycles. The first-order valence-corrected chi connectivity index (χ1v) is 12.3. The smallest absolute Gasteiger partial charge is 0.244 e. The van der Waals surface area contributed by atoms with Crippen molar-refractivity contribution in [1.29, 1.82) is 0 Å². The van der Waals surface area contributed by atoms with Crippen molar-refractivity contribution in [2.75, 3.05) is 31.9 Å². The van der Waals surface area contributed by atoms with Crippen LogP contribution in [0.25, 0.3) is 0 Å². The number of hydrogen-bond acceptors (Lipinski definition) is 5. The maximum absolute atomic E-state index is 13.6. The number of benzene rings is 1. The predicted molar refractivity (Wildman–Crippen MR) is 111 cm³/mol. The summed E-state index contributed by atoms with van der Waals surface area (Å²) < 4.78 is 40.8. The summed E-state index contributed by atoms with van der Waals surface area (Å²) in [6, 6.07) is 8.22. The zero-order valence-electron chi connectivity index (χ0n) is 15.9. The fourth-order valence-electron chi connectivity index (χ4n) is 3.15. The highest BCUT2D eigenvalue weighted by atomic mass is 32.2. The van der Waals surface area contributed by atoms with Crippen molar-refractivity contribution < 1.29 is 17.6 Å². The Bertz CT molecular complexity index is 951. The number of carbonyl (C=O) groups is 1. The zero-order chi connectivity index (χ0) is 20.3. The number of rotatable bonds is 6. The summed E-state index contributed by atoms with van der Waals surface area (Å²) in [7, 11) is -3.52. The van der Waals surface area contributed by atoms with Crippen LogP contribution < -0.4 is 0 Å². The molecule has 0 radical (unpaired) electrons. The van der Waals surface area contributed by atoms with Gasteiger partial charge in [-0.25, -0.2) is 12.8 Å². The number of nitrogens with zero attached hydrogens (tertiary/aromatic N) is 2. The van der Waals surface area contributed by atoms with Crippen LogP contribution in [0.3, 0.4) is 0 Å². The molecular weight excluding hydrogens is 419 g/mol. The minimum absolute atomic E-state index is 0.0246. The van der Waals surface area contributed by atoms with E-state index in [1.807, 2.05) is 13.8 Å². The van der Waals surface area contributed by atoms with Crippen molar-refractivity contribution in [2.45, 2.75) is 30.1 Å². The largest absolute Gasteiger partial charge is 0.340 e. The van der Waals surface area contributed by atoms with Crippen molar-refractivity contribution >= 4 is 39.0 Å². The van der Waals surface area contributed by atoms with Crippen LogP contribution in [0.4, 0.5) is 4.39 Å². The Hall–Kier alpha value is -1.42. The third kappa shape index (κ3) is 4.76. The van der Waals surface area contributed by atoms with Crippen molar-refractivity contribution in [1.82, 2.24) is 9.21 Å². The fraction of sp³-hybridized carbons (Fsp3) is 0.421. The Morgan fingerprint density at radius 1 is 1.18 bits per heavy atom. The Kier molecular flexibility index (Phi) is 6.80. The Labute approximate surface area is 173 Å². The topological polar surface area (TPSA) is 57.7 Å². The van der Waals surface area contributed by atoms with E-state index in [1.54, 1.807) is 29.2 Å². The van der Waals surface area contributed by atoms with Gasteiger partial charge in [0.25, 0.3) is 0 Å². The molecule has 0 saturated carbocycles. The van der Waals surface area contributed by atoms with Crippen LogP contribution in [0, 0.1) is 19.7 Å². The van der Waals surface area contributed by atoms with Crippen molar-refractivity contribution in [3.8, 4) is 0 Å². The number of hydrogen-bond donors (Lipinski definition) is 0. The second-order valence-corrected chi connectivity index (χ2v) is 11.1. The monoisotopic (exact) mass is 442 g/mol. The van der Waals surface area contributed by atoms with E-state index < -0.39 is 10.0 Å². The summed E-state index contributed by atoms with van der Waals surface area (Å²) in [4.78, 5) is 16.8. The standard InChI is InChI=1S/C19H23FN2O3S3/c1-14-13-18(15(2)27-14)28(24,25)22-10-8-21(9-11-22)19(23)7-12-26-17-6-4-3-5-16(17)20/h3-6,13H,7-12H2,1-2H3. The quantitative estimate of drug-likeness (QED) is 0.643. The Morgan fingerprint density at radius 2 is 1.86 bits per heavy atom. The molecule has 3 rings (SSSR count). The molecule has 2 heterocycles. The highest BCUT2D eigenvalue weighted by molar-refractivity contribution is 7.99. The summed E-state index contributed by atoms with van der Waals surface area (Å²) in [5.74, 6) is 0.187. The molecular formula is C19H23FN2O3S3. The summed E-state index contributed by atoms with van der Waals surface area (Å²) in [5, 5.41) is 0. The molecule has 0 spiro atoms. The van der Waals surface area contributed by atoms with Crippen LogP contribution >= 0.6 is 23.1 Å². The third-order valence-corrected chi connectivity index (χ3v) is 8.79. The molecule has 0 aliphatic carbocycles. The molecule has 1 amide bonds. The van der Waals surface area contributed by atoms with Crippen LogP contribution in [0.1, 0.15) is 16.2 Å². The van der Waals surface area contributed by atoms with Crippen LogP contribution in [0.2, 0.25) is 0 Å². The molecule has 5 nitrogen and oxygen atoms in total. The molecule has 0 unspecified atom stereocenters. The van der Waals surface area contributed by atoms with E-state index in [0.717, 1.165) is 9.75 Å². The van der Waals surface area contributed by atoms with Gasteiger partial charge in [-0.15, -0.1) is 23.1 Å². The van der Waals surface area contributed by atoms with Gasteiger partial charge in [-0.1, -0.05) is 12.1 Å². The van der Waals surface area contributed by atoms with Gasteiger partial charge in [-0.2, -0.15) is 4.31 Å². The lowest BCUT2D eigenvalue weighted by molar-refractivity contribution is -0.131. The van der Waals surface area contributed by atoms with Gasteiger partial charge >= 0.3 is 0 Å². The van der Waals surface area contributed by atoms with Crippen molar-refractivity contribution in [2.24, 2.45) is 0 Å². The molecule has 152 valence electrons. The molecule has 1 aliphatic heterocycles. The first kappa shape index (κ1) is 21.3. The van der Waals surface area contributed by atoms with Crippen molar-refractivity contribution in [3.63, 3.8) is 0 Å². The number of halogens is 1. The highest BCUT2D eigenvalue weighted by Crippen LogP contribution is 2.28. The molecule has 0 N–H and O–H groups in total. The number of thiophene rings is 1. The first-order valence-electron chi connectivity index (χ1n) is 9.01. The molecule has 28 heavy (non-hydrogen) atoms. The number of carbonyl (C=O) groups excluding carboxylic acids is 1. The molecule has 0 atom stereocenters. The van der Waals surface area contributed by atoms with Gasteiger partial charge in [0, 0.05) is 53.0 Å². The van der Waals surface area contributed by atoms with E-state index in [0.29, 0.717) is 48.1 Å². The molecule has 1 aliphatic rings. The average Bonchev–Trinajstić information content (AvgIpc) is 3.02. The Balaban J connectivity index is 1.51. The van der Waals surface area contributed by atoms with Crippen LogP contribution in [-0.2, 0) is 14.8 Å². The minimum atomic E-state index is -3.52. The van der Waals surface area contributed by atoms with E-state index in [-0.39, 0.29) is 11.7 Å². The number of aryl methyl sites for hydroxylation is 2. The van der Waals surface area contributed by atoms with Gasteiger partial charge < -0.3 is 4.90 Å². The molecule has 0 bridgehead atoms. The summed E-state index contributed by atoms with van der Waals surface area (Å²) in [5.41, 5.74) is 0. The number of amides is 1. The van der Waals surface area contributed by atoms with Crippen LogP contribution in [-0.4, -0.2) is 55.5 Å². The minimum Gasteiger partial charge on any atom is -0.340 e. The van der Waals surface area contributed by atoms with E-state index >= 15 is 0 Å². The SMILES string of the molecule is Cc1cc(S(=O)(=O)N2CCN(C(=O)CCSc3ccccc3F)CC2)c(C)s1. The molecule has 2 aromatic rings. The maximum atomic E-state index is 13.6. The fourth-order valence-corrected chi connectivity index (χ4v) is 6.97. The summed E-state index contributed by atoms with van der Waals surface area (Å²) in [6.45, 7) is 5.06. The number of piperazine rings is 1. The second kappa shape index (κ2) is 8.94. The van der Waals surface area contributed by atoms with E-state index in [4.69, 9.17) is 0 Å². The second-order valence-electron chi connectivity index (χ2n) is 6.59. The number of thioether (sulfide) groups is 1. The molecule has 1 fully saturated rings. The lowest BCUT2D eigenvalue weighted by Gasteiger charge is -2.34. The van der Waals surface area contributed by atoms with Gasteiger partial charge in [0.15, 0.2) is 0 Å². The van der Waals surface area contributed by atoms with Gasteiger partial charge in [-0.3, -0.25) is 4.79 Å². The third-order valence-electron chi connectivity index (χ3n) is 4.61. The van der Waals surface area contributed by atoms with Crippen molar-refractivity contribution in [3.05, 3.63) is 45.9 Å². The van der Waals surface area contributed by atoms with Gasteiger partial charge in [0.2, 0.25) is 15.9 Å². The summed E-state index contributed by atoms with van der Waals surface area (Å²) in [6.07, 6.45) is 0.300. The van der Waals surface area contributed by atoms with E-state index in [9.17, 15) is 17.6 Å². The van der Waals surface area contributed by atoms with E-state index in [1.165, 1.54) is 33.5 Å². The highest BCUT2D eigenvalue weighted by Gasteiger charge is 2.31. The lowest BCUT2D eigenvalue weighted by Crippen LogP contribution is -2.50. The van der Waals surface area contributed by atoms with Gasteiger partial charge in [0.1, 0.15) is 5.82 Å². The van der Waals surface area contributed by atoms with E-state index in [2.05, 4.69) is 0 Å². The average molecular weight is 443 g/mol. The lowest BCUT2D eigenvalue weighted by atomic mass is 10.3. The first-order chi connectivity index (χ1) is 13.3. The van der Waals surface area contributed by atoms with Gasteiger partial charge in [-0.05, 0) is 32.0 Å². The number of sulfonamides is 1. The molecule has 1 aromatic carbocycles. The zero-order valence-corrected chi connectivity index (χ0v) is 18.3. The summed E-state index contributed by atoms with van der Waals surface area (Å²) >= 11 is 2.79. The van der Waals surface area contributed by atoms with Crippen LogP contribution in [0.5, 0.6) is 0 Å². The Morgan fingerprint density at radius 3 is 2.46 bits per heavy atom. The molecule has 9 heteroatoms. The maximum Gasteiger partial charge on any atom is 0.244 e. The van der Waals surface area contributed by atoms with Crippen LogP contribution in [0.15, 0.2) is 40.1 Å². The normalized spacial score (nSPS) is 15.8. The predicted octanol–water partition coefficient (Wildman–Crippen LogP) is 3.52.